The monoisotopic (exact) mass is 306 g/mol. The highest BCUT2D eigenvalue weighted by Crippen LogP contribution is 2.32. The van der Waals surface area contributed by atoms with Gasteiger partial charge in [-0.15, -0.1) is 0 Å². The molecule has 0 amide bonds. The van der Waals surface area contributed by atoms with Gasteiger partial charge in [0.2, 0.25) is 0 Å². The first-order valence-electron chi connectivity index (χ1n) is 7.49. The first-order valence-corrected chi connectivity index (χ1v) is 8.44. The molecule has 2 atom stereocenters. The number of thioether (sulfide) groups is 1. The minimum atomic E-state index is 0.158. The zero-order valence-electron chi connectivity index (χ0n) is 12.5. The van der Waals surface area contributed by atoms with Crippen LogP contribution in [-0.2, 0) is 12.8 Å². The van der Waals surface area contributed by atoms with Crippen LogP contribution < -0.4 is 10.6 Å². The van der Waals surface area contributed by atoms with Crippen LogP contribution in [0.3, 0.4) is 0 Å². The number of amidine groups is 1. The molecule has 2 unspecified atom stereocenters. The highest BCUT2D eigenvalue weighted by Gasteiger charge is 2.27. The molecule has 1 aromatic rings. The van der Waals surface area contributed by atoms with Crippen LogP contribution in [-0.4, -0.2) is 39.6 Å². The molecule has 3 N–H and O–H groups in total. The van der Waals surface area contributed by atoms with E-state index in [9.17, 15) is 0 Å². The third kappa shape index (κ3) is 2.81. The molecule has 6 heteroatoms. The highest BCUT2D eigenvalue weighted by molar-refractivity contribution is 8.00. The summed E-state index contributed by atoms with van der Waals surface area (Å²) in [5.74, 6) is 1.04. The van der Waals surface area contributed by atoms with E-state index in [0.29, 0.717) is 10.5 Å². The van der Waals surface area contributed by atoms with Crippen LogP contribution in [0.15, 0.2) is 11.2 Å². The van der Waals surface area contributed by atoms with Gasteiger partial charge in [-0.05, 0) is 30.9 Å². The number of oxime groups is 1. The number of hydrogen-bond donors (Lipinski definition) is 2. The molecule has 1 fully saturated rings. The summed E-state index contributed by atoms with van der Waals surface area (Å²) in [5.41, 5.74) is 9.08. The minimum Gasteiger partial charge on any atom is -0.409 e. The molecular formula is C15H22N4OS. The van der Waals surface area contributed by atoms with Crippen LogP contribution in [0.5, 0.6) is 0 Å². The van der Waals surface area contributed by atoms with E-state index >= 15 is 0 Å². The van der Waals surface area contributed by atoms with Gasteiger partial charge in [0.25, 0.3) is 0 Å². The largest absolute Gasteiger partial charge is 0.409 e. The number of aromatic nitrogens is 1. The van der Waals surface area contributed by atoms with Crippen molar-refractivity contribution in [2.75, 3.05) is 18.0 Å². The van der Waals surface area contributed by atoms with Gasteiger partial charge in [0.1, 0.15) is 5.82 Å². The maximum Gasteiger partial charge on any atom is 0.173 e. The smallest absolute Gasteiger partial charge is 0.173 e. The summed E-state index contributed by atoms with van der Waals surface area (Å²) in [6.45, 7) is 6.38. The number of nitrogens with two attached hydrogens (primary N) is 1. The van der Waals surface area contributed by atoms with Crippen molar-refractivity contribution in [2.24, 2.45) is 10.9 Å². The molecule has 1 aromatic heterocycles. The molecule has 1 aliphatic heterocycles. The fourth-order valence-corrected chi connectivity index (χ4v) is 4.62. The Labute approximate surface area is 129 Å². The first-order chi connectivity index (χ1) is 10.1. The lowest BCUT2D eigenvalue weighted by molar-refractivity contribution is 0.318. The lowest BCUT2D eigenvalue weighted by Crippen LogP contribution is -2.42. The van der Waals surface area contributed by atoms with E-state index in [2.05, 4.69) is 30.0 Å². The van der Waals surface area contributed by atoms with Gasteiger partial charge >= 0.3 is 0 Å². The topological polar surface area (TPSA) is 74.7 Å². The maximum atomic E-state index is 9.08. The number of nitrogens with zero attached hydrogens (tertiary/aromatic N) is 3. The Morgan fingerprint density at radius 2 is 2.10 bits per heavy atom. The predicted molar refractivity (Wildman–Crippen MR) is 87.5 cm³/mol. The van der Waals surface area contributed by atoms with E-state index in [4.69, 9.17) is 15.9 Å². The van der Waals surface area contributed by atoms with Gasteiger partial charge in [-0.1, -0.05) is 19.0 Å². The van der Waals surface area contributed by atoms with Crippen molar-refractivity contribution < 1.29 is 5.21 Å². The maximum absolute atomic E-state index is 9.08. The second-order valence-corrected chi connectivity index (χ2v) is 7.85. The molecule has 1 aliphatic carbocycles. The van der Waals surface area contributed by atoms with Gasteiger partial charge in [-0.25, -0.2) is 4.98 Å². The van der Waals surface area contributed by atoms with Crippen LogP contribution in [0.25, 0.3) is 0 Å². The van der Waals surface area contributed by atoms with E-state index in [1.165, 1.54) is 11.3 Å². The summed E-state index contributed by atoms with van der Waals surface area (Å²) in [4.78, 5) is 7.15. The Bertz CT molecular complexity index is 565. The van der Waals surface area contributed by atoms with Gasteiger partial charge in [-0.3, -0.25) is 0 Å². The molecule has 0 spiro atoms. The lowest BCUT2D eigenvalue weighted by atomic mass is 10.1. The van der Waals surface area contributed by atoms with Crippen molar-refractivity contribution in [3.63, 3.8) is 0 Å². The summed E-state index contributed by atoms with van der Waals surface area (Å²) >= 11 is 2.00. The molecule has 0 aromatic carbocycles. The Morgan fingerprint density at radius 1 is 1.38 bits per heavy atom. The standard InChI is InChI=1S/C15H22N4OS/c1-9-7-19(8-10(2)21-9)15-12(14(16)18-20)6-11-4-3-5-13(11)17-15/h6,9-10,20H,3-5,7-8H2,1-2H3,(H2,16,18). The predicted octanol–water partition coefficient (Wildman–Crippen LogP) is 1.99. The van der Waals surface area contributed by atoms with Gasteiger partial charge in [-0.2, -0.15) is 11.8 Å². The number of hydrogen-bond acceptors (Lipinski definition) is 5. The Balaban J connectivity index is 2.03. The number of fused-ring (bicyclic) bond motifs is 1. The van der Waals surface area contributed by atoms with E-state index in [1.54, 1.807) is 0 Å². The van der Waals surface area contributed by atoms with Crippen molar-refractivity contribution in [3.8, 4) is 0 Å². The highest BCUT2D eigenvalue weighted by atomic mass is 32.2. The summed E-state index contributed by atoms with van der Waals surface area (Å²) in [6.07, 6.45) is 3.22. The average Bonchev–Trinajstić information content (AvgIpc) is 2.91. The summed E-state index contributed by atoms with van der Waals surface area (Å²) < 4.78 is 0. The number of rotatable bonds is 2. The molecule has 0 radical (unpaired) electrons. The van der Waals surface area contributed by atoms with Crippen molar-refractivity contribution >= 4 is 23.4 Å². The van der Waals surface area contributed by atoms with E-state index in [-0.39, 0.29) is 5.84 Å². The molecule has 0 bridgehead atoms. The first kappa shape index (κ1) is 14.5. The van der Waals surface area contributed by atoms with Gasteiger partial charge in [0.15, 0.2) is 5.84 Å². The Morgan fingerprint density at radius 3 is 2.76 bits per heavy atom. The SMILES string of the molecule is CC1CN(c2nc3c(cc2C(N)=NO)CCC3)CC(C)S1. The van der Waals surface area contributed by atoms with Gasteiger partial charge in [0.05, 0.1) is 5.56 Å². The number of aryl methyl sites for hydroxylation is 2. The summed E-state index contributed by atoms with van der Waals surface area (Å²) in [7, 11) is 0. The summed E-state index contributed by atoms with van der Waals surface area (Å²) in [6, 6.07) is 2.07. The number of pyridine rings is 1. The molecule has 2 aliphatic rings. The summed E-state index contributed by atoms with van der Waals surface area (Å²) in [5, 5.41) is 13.4. The minimum absolute atomic E-state index is 0.158. The second kappa shape index (κ2) is 5.75. The lowest BCUT2D eigenvalue weighted by Gasteiger charge is -2.36. The molecule has 114 valence electrons. The van der Waals surface area contributed by atoms with Gasteiger partial charge < -0.3 is 15.8 Å². The quantitative estimate of drug-likeness (QED) is 0.378. The molecule has 0 saturated carbocycles. The fraction of sp³-hybridized carbons (Fsp3) is 0.600. The van der Waals surface area contributed by atoms with Crippen LogP contribution in [0, 0.1) is 0 Å². The van der Waals surface area contributed by atoms with E-state index in [1.807, 2.05) is 11.8 Å². The van der Waals surface area contributed by atoms with Crippen molar-refractivity contribution in [3.05, 3.63) is 22.9 Å². The third-order valence-corrected chi connectivity index (χ3v) is 5.36. The van der Waals surface area contributed by atoms with Crippen molar-refractivity contribution in [1.29, 1.82) is 0 Å². The Kier molecular flexibility index (Phi) is 3.97. The van der Waals surface area contributed by atoms with E-state index < -0.39 is 0 Å². The fourth-order valence-electron chi connectivity index (χ4n) is 3.30. The second-order valence-electron chi connectivity index (χ2n) is 5.97. The van der Waals surface area contributed by atoms with Crippen LogP contribution in [0.1, 0.15) is 37.1 Å². The zero-order valence-corrected chi connectivity index (χ0v) is 13.4. The number of anilines is 1. The van der Waals surface area contributed by atoms with Crippen molar-refractivity contribution in [2.45, 2.75) is 43.6 Å². The molecule has 2 heterocycles. The van der Waals surface area contributed by atoms with Crippen LogP contribution >= 0.6 is 11.8 Å². The molecule has 21 heavy (non-hydrogen) atoms. The van der Waals surface area contributed by atoms with Gasteiger partial charge in [0, 0.05) is 29.3 Å². The normalized spacial score (nSPS) is 26.0. The molecular weight excluding hydrogens is 284 g/mol. The van der Waals surface area contributed by atoms with Crippen molar-refractivity contribution in [1.82, 2.24) is 4.98 Å². The van der Waals surface area contributed by atoms with Crippen LogP contribution in [0.4, 0.5) is 5.82 Å². The third-order valence-electron chi connectivity index (χ3n) is 4.13. The molecule has 3 rings (SSSR count). The molecule has 1 saturated heterocycles. The average molecular weight is 306 g/mol. The Hall–Kier alpha value is -1.43. The molecule has 5 nitrogen and oxygen atoms in total. The zero-order chi connectivity index (χ0) is 15.0. The van der Waals surface area contributed by atoms with E-state index in [0.717, 1.165) is 43.7 Å². The van der Waals surface area contributed by atoms with Crippen LogP contribution in [0.2, 0.25) is 0 Å².